The van der Waals surface area contributed by atoms with Crippen molar-refractivity contribution >= 4 is 11.3 Å². The van der Waals surface area contributed by atoms with Gasteiger partial charge in [0.25, 0.3) is 5.95 Å². The van der Waals surface area contributed by atoms with Crippen LogP contribution >= 0.6 is 11.3 Å². The molecule has 0 radical (unpaired) electrons. The second kappa shape index (κ2) is 5.02. The highest BCUT2D eigenvalue weighted by molar-refractivity contribution is 7.09. The number of hydrogen-bond acceptors (Lipinski definition) is 4. The average molecular weight is 266 g/mol. The van der Waals surface area contributed by atoms with Gasteiger partial charge in [0.1, 0.15) is 11.6 Å². The molecule has 2 heterocycles. The zero-order valence-corrected chi connectivity index (χ0v) is 11.4. The summed E-state index contributed by atoms with van der Waals surface area (Å²) in [6.45, 7) is 6.58. The van der Waals surface area contributed by atoms with Crippen LogP contribution in [0.4, 0.5) is 4.39 Å². The van der Waals surface area contributed by atoms with E-state index in [9.17, 15) is 4.39 Å². The summed E-state index contributed by atoms with van der Waals surface area (Å²) in [7, 11) is 0. The maximum absolute atomic E-state index is 13.2. The molecule has 0 N–H and O–H groups in total. The molecule has 0 atom stereocenters. The van der Waals surface area contributed by atoms with Crippen molar-refractivity contribution in [2.45, 2.75) is 32.8 Å². The first kappa shape index (κ1) is 13.0. The van der Waals surface area contributed by atoms with Gasteiger partial charge in [-0.3, -0.25) is 0 Å². The number of thiazole rings is 1. The minimum atomic E-state index is -0.592. The third kappa shape index (κ3) is 3.04. The minimum absolute atomic E-state index is 0.0221. The van der Waals surface area contributed by atoms with Crippen molar-refractivity contribution in [1.29, 1.82) is 0 Å². The highest BCUT2D eigenvalue weighted by atomic mass is 32.1. The van der Waals surface area contributed by atoms with Crippen molar-refractivity contribution < 1.29 is 9.13 Å². The normalized spacial score (nSPS) is 11.6. The SMILES string of the molecule is CC(C)(C)c1csc(COc2cccnc2F)n1. The quantitative estimate of drug-likeness (QED) is 0.797. The first-order chi connectivity index (χ1) is 8.47. The van der Waals surface area contributed by atoms with E-state index in [1.165, 1.54) is 17.5 Å². The van der Waals surface area contributed by atoms with Crippen molar-refractivity contribution in [3.63, 3.8) is 0 Å². The lowest BCUT2D eigenvalue weighted by molar-refractivity contribution is 0.285. The predicted octanol–water partition coefficient (Wildman–Crippen LogP) is 3.55. The molecule has 0 amide bonds. The molecule has 96 valence electrons. The largest absolute Gasteiger partial charge is 0.482 e. The molecule has 0 aliphatic rings. The summed E-state index contributed by atoms with van der Waals surface area (Å²) in [5, 5.41) is 2.85. The summed E-state index contributed by atoms with van der Waals surface area (Å²) in [5.41, 5.74) is 1.05. The van der Waals surface area contributed by atoms with Gasteiger partial charge in [-0.05, 0) is 12.1 Å². The van der Waals surface area contributed by atoms with Gasteiger partial charge in [0, 0.05) is 17.0 Å². The van der Waals surface area contributed by atoms with Crippen LogP contribution in [0.2, 0.25) is 0 Å². The Morgan fingerprint density at radius 3 is 2.78 bits per heavy atom. The van der Waals surface area contributed by atoms with Crippen LogP contribution in [0, 0.1) is 5.95 Å². The Morgan fingerprint density at radius 1 is 1.39 bits per heavy atom. The van der Waals surface area contributed by atoms with Crippen molar-refractivity contribution in [2.24, 2.45) is 0 Å². The van der Waals surface area contributed by atoms with E-state index in [-0.39, 0.29) is 17.8 Å². The van der Waals surface area contributed by atoms with Gasteiger partial charge in [0.15, 0.2) is 5.75 Å². The molecule has 0 aliphatic heterocycles. The minimum Gasteiger partial charge on any atom is -0.482 e. The van der Waals surface area contributed by atoms with Gasteiger partial charge in [-0.2, -0.15) is 4.39 Å². The number of ether oxygens (including phenoxy) is 1. The Hall–Kier alpha value is -1.49. The molecule has 0 bridgehead atoms. The molecule has 2 rings (SSSR count). The first-order valence-electron chi connectivity index (χ1n) is 5.65. The van der Waals surface area contributed by atoms with E-state index in [0.717, 1.165) is 10.7 Å². The molecule has 0 aromatic carbocycles. The molecule has 0 aliphatic carbocycles. The summed E-state index contributed by atoms with van der Waals surface area (Å²) in [6, 6.07) is 3.20. The smallest absolute Gasteiger partial charge is 0.255 e. The topological polar surface area (TPSA) is 35.0 Å². The number of halogens is 1. The van der Waals surface area contributed by atoms with Gasteiger partial charge >= 0.3 is 0 Å². The Morgan fingerprint density at radius 2 is 2.17 bits per heavy atom. The van der Waals surface area contributed by atoms with Crippen LogP contribution in [0.3, 0.4) is 0 Å². The molecule has 0 spiro atoms. The van der Waals surface area contributed by atoms with Gasteiger partial charge in [-0.15, -0.1) is 11.3 Å². The van der Waals surface area contributed by atoms with Crippen LogP contribution < -0.4 is 4.74 Å². The van der Waals surface area contributed by atoms with E-state index in [2.05, 4.69) is 30.7 Å². The van der Waals surface area contributed by atoms with Gasteiger partial charge < -0.3 is 4.74 Å². The van der Waals surface area contributed by atoms with Gasteiger partial charge in [0.05, 0.1) is 5.69 Å². The molecular formula is C13H15FN2OS. The van der Waals surface area contributed by atoms with E-state index >= 15 is 0 Å². The lowest BCUT2D eigenvalue weighted by atomic mass is 9.93. The van der Waals surface area contributed by atoms with Crippen LogP contribution in [0.5, 0.6) is 5.75 Å². The first-order valence-corrected chi connectivity index (χ1v) is 6.53. The van der Waals surface area contributed by atoms with Gasteiger partial charge in [-0.1, -0.05) is 20.8 Å². The molecule has 0 fully saturated rings. The Labute approximate surface area is 110 Å². The standard InChI is InChI=1S/C13H15FN2OS/c1-13(2,3)10-8-18-11(16-10)7-17-9-5-4-6-15-12(9)14/h4-6,8H,7H2,1-3H3. The number of hydrogen-bond donors (Lipinski definition) is 0. The summed E-state index contributed by atoms with van der Waals surface area (Å²) >= 11 is 1.52. The maximum atomic E-state index is 13.2. The summed E-state index contributed by atoms with van der Waals surface area (Å²) in [5.74, 6) is -0.435. The molecule has 2 aromatic heterocycles. The fourth-order valence-corrected chi connectivity index (χ4v) is 2.27. The number of pyridine rings is 1. The number of aromatic nitrogens is 2. The second-order valence-electron chi connectivity index (χ2n) is 4.96. The number of nitrogens with zero attached hydrogens (tertiary/aromatic N) is 2. The lowest BCUT2D eigenvalue weighted by Crippen LogP contribution is -2.11. The van der Waals surface area contributed by atoms with E-state index in [1.807, 2.05) is 5.38 Å². The second-order valence-corrected chi connectivity index (χ2v) is 5.90. The fraction of sp³-hybridized carbons (Fsp3) is 0.385. The molecule has 0 saturated carbocycles. The Kier molecular flexibility index (Phi) is 3.61. The fourth-order valence-electron chi connectivity index (χ4n) is 1.34. The van der Waals surface area contributed by atoms with Crippen molar-refractivity contribution in [3.8, 4) is 5.75 Å². The third-order valence-corrected chi connectivity index (χ3v) is 3.22. The molecule has 0 unspecified atom stereocenters. The lowest BCUT2D eigenvalue weighted by Gasteiger charge is -2.14. The van der Waals surface area contributed by atoms with Crippen molar-refractivity contribution in [2.75, 3.05) is 0 Å². The Bertz CT molecular complexity index is 534. The van der Waals surface area contributed by atoms with Gasteiger partial charge in [-0.25, -0.2) is 9.97 Å². The van der Waals surface area contributed by atoms with Crippen LogP contribution in [0.1, 0.15) is 31.5 Å². The predicted molar refractivity (Wildman–Crippen MR) is 69.3 cm³/mol. The molecule has 5 heteroatoms. The van der Waals surface area contributed by atoms with Gasteiger partial charge in [0.2, 0.25) is 0 Å². The third-order valence-electron chi connectivity index (χ3n) is 2.40. The maximum Gasteiger partial charge on any atom is 0.255 e. The van der Waals surface area contributed by atoms with Crippen LogP contribution in [0.15, 0.2) is 23.7 Å². The molecular weight excluding hydrogens is 251 g/mol. The van der Waals surface area contributed by atoms with Crippen molar-refractivity contribution in [1.82, 2.24) is 9.97 Å². The van der Waals surface area contributed by atoms with E-state index in [1.54, 1.807) is 12.1 Å². The van der Waals surface area contributed by atoms with Crippen LogP contribution in [0.25, 0.3) is 0 Å². The van der Waals surface area contributed by atoms with E-state index in [0.29, 0.717) is 0 Å². The highest BCUT2D eigenvalue weighted by Crippen LogP contribution is 2.24. The number of rotatable bonds is 3. The van der Waals surface area contributed by atoms with E-state index in [4.69, 9.17) is 4.74 Å². The summed E-state index contributed by atoms with van der Waals surface area (Å²) < 4.78 is 18.6. The Balaban J connectivity index is 2.03. The molecule has 18 heavy (non-hydrogen) atoms. The zero-order chi connectivity index (χ0) is 13.2. The van der Waals surface area contributed by atoms with E-state index < -0.39 is 5.95 Å². The van der Waals surface area contributed by atoms with Crippen LogP contribution in [-0.2, 0) is 12.0 Å². The molecule has 2 aromatic rings. The zero-order valence-electron chi connectivity index (χ0n) is 10.6. The van der Waals surface area contributed by atoms with Crippen molar-refractivity contribution in [3.05, 3.63) is 40.4 Å². The monoisotopic (exact) mass is 266 g/mol. The average Bonchev–Trinajstić information content (AvgIpc) is 2.76. The summed E-state index contributed by atoms with van der Waals surface area (Å²) in [6.07, 6.45) is 1.39. The molecule has 3 nitrogen and oxygen atoms in total. The highest BCUT2D eigenvalue weighted by Gasteiger charge is 2.17. The van der Waals surface area contributed by atoms with Crippen LogP contribution in [-0.4, -0.2) is 9.97 Å². The molecule has 0 saturated heterocycles. The summed E-state index contributed by atoms with van der Waals surface area (Å²) in [4.78, 5) is 8.00.